The molecule has 2 atom stereocenters. The molecule has 0 spiro atoms. The highest BCUT2D eigenvalue weighted by Crippen LogP contribution is 2.47. The van der Waals surface area contributed by atoms with Gasteiger partial charge in [-0.05, 0) is 55.5 Å². The Morgan fingerprint density at radius 1 is 1.18 bits per heavy atom. The van der Waals surface area contributed by atoms with E-state index in [1.54, 1.807) is 6.07 Å². The van der Waals surface area contributed by atoms with Crippen LogP contribution in [0, 0.1) is 5.82 Å². The Kier molecular flexibility index (Phi) is 6.79. The fourth-order valence-electron chi connectivity index (χ4n) is 4.01. The van der Waals surface area contributed by atoms with E-state index in [1.165, 1.54) is 44.4 Å². The Hall–Kier alpha value is -4.19. The number of fused-ring (bicyclic) bond motifs is 1. The second-order valence-electron chi connectivity index (χ2n) is 9.00. The Morgan fingerprint density at radius 3 is 2.47 bits per heavy atom. The summed E-state index contributed by atoms with van der Waals surface area (Å²) in [4.78, 5) is 29.0. The summed E-state index contributed by atoms with van der Waals surface area (Å²) in [6, 6.07) is 11.3. The smallest absolute Gasteiger partial charge is 0.424 e. The first-order valence-corrected chi connectivity index (χ1v) is 11.3. The van der Waals surface area contributed by atoms with Crippen LogP contribution in [0.15, 0.2) is 54.6 Å². The summed E-state index contributed by atoms with van der Waals surface area (Å²) in [5.41, 5.74) is -0.623. The molecule has 2 aromatic carbocycles. The van der Waals surface area contributed by atoms with Gasteiger partial charge in [-0.25, -0.2) is 9.37 Å². The quantitative estimate of drug-likeness (QED) is 0.401. The van der Waals surface area contributed by atoms with Crippen molar-refractivity contribution in [1.82, 2.24) is 10.3 Å². The molecule has 4 N–H and O–H groups in total. The zero-order valence-corrected chi connectivity index (χ0v) is 20.2. The average Bonchev–Trinajstić information content (AvgIpc) is 3.24. The molecule has 2 heterocycles. The van der Waals surface area contributed by atoms with Crippen molar-refractivity contribution in [2.45, 2.75) is 24.1 Å². The van der Waals surface area contributed by atoms with Gasteiger partial charge in [0.05, 0.1) is 19.3 Å². The molecule has 1 aromatic heterocycles. The first kappa shape index (κ1) is 26.9. The largest absolute Gasteiger partial charge is 0.497 e. The minimum absolute atomic E-state index is 0.00232. The van der Waals surface area contributed by atoms with Gasteiger partial charge in [-0.1, -0.05) is 6.07 Å². The number of halogens is 4. The normalized spacial score (nSPS) is 18.2. The third-order valence-electron chi connectivity index (χ3n) is 6.46. The van der Waals surface area contributed by atoms with Crippen molar-refractivity contribution in [3.63, 3.8) is 0 Å². The van der Waals surface area contributed by atoms with Gasteiger partial charge >= 0.3 is 6.18 Å². The van der Waals surface area contributed by atoms with E-state index in [0.29, 0.717) is 5.75 Å². The predicted molar refractivity (Wildman–Crippen MR) is 127 cm³/mol. The summed E-state index contributed by atoms with van der Waals surface area (Å²) < 4.78 is 67.4. The number of methoxy groups -OCH3 is 1. The highest BCUT2D eigenvalue weighted by Gasteiger charge is 2.57. The molecule has 1 unspecified atom stereocenters. The van der Waals surface area contributed by atoms with Crippen LogP contribution >= 0.6 is 0 Å². The molecule has 38 heavy (non-hydrogen) atoms. The number of hydrogen-bond acceptors (Lipinski definition) is 6. The van der Waals surface area contributed by atoms with Crippen LogP contribution in [0.2, 0.25) is 0 Å². The van der Waals surface area contributed by atoms with Crippen LogP contribution in [0.4, 0.5) is 17.6 Å². The van der Waals surface area contributed by atoms with Crippen molar-refractivity contribution in [2.24, 2.45) is 5.73 Å². The van der Waals surface area contributed by atoms with Crippen LogP contribution in [0.3, 0.4) is 0 Å². The van der Waals surface area contributed by atoms with Gasteiger partial charge in [0.15, 0.2) is 0 Å². The maximum atomic E-state index is 14.4. The van der Waals surface area contributed by atoms with Crippen molar-refractivity contribution >= 4 is 11.8 Å². The fourth-order valence-corrected chi connectivity index (χ4v) is 4.01. The van der Waals surface area contributed by atoms with Crippen molar-refractivity contribution in [1.29, 1.82) is 0 Å². The monoisotopic (exact) mass is 533 g/mol. The molecule has 0 aliphatic carbocycles. The van der Waals surface area contributed by atoms with Gasteiger partial charge in [0.1, 0.15) is 35.0 Å². The standard InChI is InChI=1S/C26H23F4N3O5/c1-24(23(31)35)13-38-21-18(24)11-19(33-20(21)14-6-8-16(27)9-7-14)25(36,26(28,29)30)12-32-22(34)15-4-3-5-17(10-15)37-2/h3-11,36H,12-13H2,1-2H3,(H2,31,35)(H,32,34)/t24-,25?/m0/s1. The molecule has 0 radical (unpaired) electrons. The lowest BCUT2D eigenvalue weighted by Crippen LogP contribution is -2.51. The maximum absolute atomic E-state index is 14.4. The lowest BCUT2D eigenvalue weighted by molar-refractivity contribution is -0.265. The van der Waals surface area contributed by atoms with Gasteiger partial charge in [-0.3, -0.25) is 9.59 Å². The van der Waals surface area contributed by atoms with Gasteiger partial charge in [0, 0.05) is 16.7 Å². The third-order valence-corrected chi connectivity index (χ3v) is 6.46. The number of alkyl halides is 3. The number of ether oxygens (including phenoxy) is 2. The number of amides is 2. The topological polar surface area (TPSA) is 124 Å². The second-order valence-corrected chi connectivity index (χ2v) is 9.00. The molecule has 4 rings (SSSR count). The molecule has 1 aliphatic rings. The van der Waals surface area contributed by atoms with E-state index >= 15 is 0 Å². The first-order chi connectivity index (χ1) is 17.8. The molecule has 200 valence electrons. The summed E-state index contributed by atoms with van der Waals surface area (Å²) in [6.07, 6.45) is -5.32. The van der Waals surface area contributed by atoms with Gasteiger partial charge in [0.2, 0.25) is 11.5 Å². The van der Waals surface area contributed by atoms with Crippen LogP contribution in [-0.2, 0) is 15.8 Å². The van der Waals surface area contributed by atoms with E-state index in [-0.39, 0.29) is 34.7 Å². The average molecular weight is 533 g/mol. The molecule has 0 saturated heterocycles. The van der Waals surface area contributed by atoms with E-state index in [4.69, 9.17) is 15.2 Å². The highest BCUT2D eigenvalue weighted by atomic mass is 19.4. The lowest BCUT2D eigenvalue weighted by atomic mass is 9.81. The summed E-state index contributed by atoms with van der Waals surface area (Å²) >= 11 is 0. The van der Waals surface area contributed by atoms with Gasteiger partial charge in [0.25, 0.3) is 5.91 Å². The molecule has 0 bridgehead atoms. The lowest BCUT2D eigenvalue weighted by Gasteiger charge is -2.31. The number of primary amides is 1. The molecule has 12 heteroatoms. The molecule has 0 fully saturated rings. The molecule has 2 amide bonds. The number of hydrogen-bond donors (Lipinski definition) is 3. The molecule has 3 aromatic rings. The summed E-state index contributed by atoms with van der Waals surface area (Å²) in [5, 5.41) is 13.1. The molecular weight excluding hydrogens is 510 g/mol. The predicted octanol–water partition coefficient (Wildman–Crippen LogP) is 3.21. The van der Waals surface area contributed by atoms with Crippen molar-refractivity contribution < 1.29 is 41.7 Å². The van der Waals surface area contributed by atoms with Crippen LogP contribution < -0.4 is 20.5 Å². The van der Waals surface area contributed by atoms with Gasteiger partial charge in [-0.2, -0.15) is 13.2 Å². The van der Waals surface area contributed by atoms with Crippen molar-refractivity contribution in [2.75, 3.05) is 20.3 Å². The Morgan fingerprint density at radius 2 is 1.87 bits per heavy atom. The molecule has 1 aliphatic heterocycles. The Balaban J connectivity index is 1.83. The first-order valence-electron chi connectivity index (χ1n) is 11.3. The minimum atomic E-state index is -5.32. The van der Waals surface area contributed by atoms with Crippen LogP contribution in [0.1, 0.15) is 28.5 Å². The number of nitrogens with one attached hydrogen (secondary N) is 1. The SMILES string of the molecule is COc1cccc(C(=O)NCC(O)(c2cc3c(c(-c4ccc(F)cc4)n2)OC[C@]3(C)C(N)=O)C(F)(F)F)c1. The summed E-state index contributed by atoms with van der Waals surface area (Å²) in [6.45, 7) is -0.208. The highest BCUT2D eigenvalue weighted by molar-refractivity contribution is 5.94. The molecular formula is C26H23F4N3O5. The Labute approximate surface area is 214 Å². The summed E-state index contributed by atoms with van der Waals surface area (Å²) in [7, 11) is 1.36. The fraction of sp³-hybridized carbons (Fsp3) is 0.269. The minimum Gasteiger partial charge on any atom is -0.497 e. The number of benzene rings is 2. The number of rotatable bonds is 7. The van der Waals surface area contributed by atoms with Gasteiger partial charge in [-0.15, -0.1) is 0 Å². The number of carbonyl (C=O) groups excluding carboxylic acids is 2. The van der Waals surface area contributed by atoms with Gasteiger partial charge < -0.3 is 25.6 Å². The number of aliphatic hydroxyl groups is 1. The van der Waals surface area contributed by atoms with Crippen LogP contribution in [0.5, 0.6) is 11.5 Å². The number of nitrogens with zero attached hydrogens (tertiary/aromatic N) is 1. The van der Waals surface area contributed by atoms with E-state index < -0.39 is 47.1 Å². The van der Waals surface area contributed by atoms with E-state index in [0.717, 1.165) is 18.2 Å². The van der Waals surface area contributed by atoms with E-state index in [9.17, 15) is 32.3 Å². The number of aromatic nitrogens is 1. The van der Waals surface area contributed by atoms with Crippen molar-refractivity contribution in [3.8, 4) is 22.8 Å². The zero-order valence-electron chi connectivity index (χ0n) is 20.2. The Bertz CT molecular complexity index is 1400. The molecule has 8 nitrogen and oxygen atoms in total. The summed E-state index contributed by atoms with van der Waals surface area (Å²) in [5.74, 6) is -2.10. The second kappa shape index (κ2) is 9.60. The molecule has 0 saturated carbocycles. The van der Waals surface area contributed by atoms with E-state index in [2.05, 4.69) is 10.3 Å². The number of carbonyl (C=O) groups is 2. The third kappa shape index (κ3) is 4.62. The zero-order chi connectivity index (χ0) is 27.9. The number of pyridine rings is 1. The maximum Gasteiger partial charge on any atom is 0.424 e. The van der Waals surface area contributed by atoms with Crippen LogP contribution in [-0.4, -0.2) is 48.3 Å². The van der Waals surface area contributed by atoms with Crippen molar-refractivity contribution in [3.05, 3.63) is 77.2 Å². The van der Waals surface area contributed by atoms with E-state index in [1.807, 2.05) is 0 Å². The van der Waals surface area contributed by atoms with Crippen LogP contribution in [0.25, 0.3) is 11.3 Å². The number of nitrogens with two attached hydrogens (primary N) is 1.